The first kappa shape index (κ1) is 15.6. The van der Waals surface area contributed by atoms with Gasteiger partial charge in [-0.3, -0.25) is 10.1 Å². The normalized spacial score (nSPS) is 11.9. The topological polar surface area (TPSA) is 89.3 Å². The van der Waals surface area contributed by atoms with Crippen LogP contribution in [0.25, 0.3) is 0 Å². The molecule has 0 atom stereocenters. The average Bonchev–Trinajstić information content (AvgIpc) is 2.34. The first-order valence-electron chi connectivity index (χ1n) is 5.34. The molecule has 0 unspecified atom stereocenters. The number of aryl methyl sites for hydroxylation is 1. The van der Waals surface area contributed by atoms with E-state index in [9.17, 15) is 18.5 Å². The van der Waals surface area contributed by atoms with Crippen LogP contribution in [-0.2, 0) is 10.0 Å². The van der Waals surface area contributed by atoms with Gasteiger partial charge in [0, 0.05) is 24.1 Å². The number of hydrogen-bond acceptors (Lipinski definition) is 4. The van der Waals surface area contributed by atoms with Gasteiger partial charge in [-0.05, 0) is 13.0 Å². The number of nitro benzene ring substituents is 1. The Morgan fingerprint density at radius 2 is 2.11 bits per heavy atom. The van der Waals surface area contributed by atoms with Crippen LogP contribution in [0.2, 0.25) is 0 Å². The molecule has 0 fully saturated rings. The molecule has 19 heavy (non-hydrogen) atoms. The smallest absolute Gasteiger partial charge is 0.258 e. The highest BCUT2D eigenvalue weighted by Gasteiger charge is 2.18. The summed E-state index contributed by atoms with van der Waals surface area (Å²) in [4.78, 5) is 10.0. The summed E-state index contributed by atoms with van der Waals surface area (Å²) in [5.74, 6) is 0.289. The molecule has 1 rings (SSSR count). The number of alkyl halides is 1. The van der Waals surface area contributed by atoms with Crippen LogP contribution in [-0.4, -0.2) is 25.8 Å². The Hall–Kier alpha value is -1.44. The molecular weight excluding hydrogens is 292 g/mol. The SMILES string of the molecule is Cc1ccc(S(=O)(=O)NC/C=C/CCl)cc1[N+](=O)[O-]. The van der Waals surface area contributed by atoms with E-state index in [0.29, 0.717) is 5.56 Å². The van der Waals surface area contributed by atoms with E-state index in [4.69, 9.17) is 11.6 Å². The lowest BCUT2D eigenvalue weighted by atomic mass is 10.2. The van der Waals surface area contributed by atoms with Gasteiger partial charge in [0.15, 0.2) is 0 Å². The van der Waals surface area contributed by atoms with Gasteiger partial charge in [-0.25, -0.2) is 13.1 Å². The van der Waals surface area contributed by atoms with Gasteiger partial charge >= 0.3 is 0 Å². The predicted molar refractivity (Wildman–Crippen MR) is 72.9 cm³/mol. The third kappa shape index (κ3) is 4.30. The lowest BCUT2D eigenvalue weighted by molar-refractivity contribution is -0.385. The van der Waals surface area contributed by atoms with Crippen LogP contribution < -0.4 is 4.72 Å². The quantitative estimate of drug-likeness (QED) is 0.376. The van der Waals surface area contributed by atoms with E-state index in [2.05, 4.69) is 4.72 Å². The lowest BCUT2D eigenvalue weighted by Gasteiger charge is -2.05. The molecule has 0 aromatic heterocycles. The largest absolute Gasteiger partial charge is 0.273 e. The minimum atomic E-state index is -3.76. The van der Waals surface area contributed by atoms with Crippen LogP contribution in [0.5, 0.6) is 0 Å². The highest BCUT2D eigenvalue weighted by Crippen LogP contribution is 2.21. The first-order valence-corrected chi connectivity index (χ1v) is 7.36. The summed E-state index contributed by atoms with van der Waals surface area (Å²) in [7, 11) is -3.76. The van der Waals surface area contributed by atoms with E-state index < -0.39 is 14.9 Å². The summed E-state index contributed by atoms with van der Waals surface area (Å²) in [6, 6.07) is 3.78. The molecule has 0 heterocycles. The van der Waals surface area contributed by atoms with Gasteiger partial charge < -0.3 is 0 Å². The molecule has 0 bridgehead atoms. The van der Waals surface area contributed by atoms with Crippen LogP contribution in [0.3, 0.4) is 0 Å². The Labute approximate surface area is 116 Å². The lowest BCUT2D eigenvalue weighted by Crippen LogP contribution is -2.23. The number of nitro groups is 1. The first-order chi connectivity index (χ1) is 8.88. The Morgan fingerprint density at radius 3 is 2.68 bits per heavy atom. The Balaban J connectivity index is 2.99. The zero-order valence-electron chi connectivity index (χ0n) is 10.2. The van der Waals surface area contributed by atoms with E-state index >= 15 is 0 Å². The van der Waals surface area contributed by atoms with Crippen LogP contribution in [0.1, 0.15) is 5.56 Å². The Bertz CT molecular complexity index is 599. The molecule has 0 saturated carbocycles. The zero-order valence-corrected chi connectivity index (χ0v) is 11.7. The van der Waals surface area contributed by atoms with E-state index in [1.807, 2.05) is 0 Å². The number of halogens is 1. The maximum atomic E-state index is 11.9. The van der Waals surface area contributed by atoms with Gasteiger partial charge in [0.1, 0.15) is 0 Å². The fraction of sp³-hybridized carbons (Fsp3) is 0.273. The number of sulfonamides is 1. The van der Waals surface area contributed by atoms with E-state index in [0.717, 1.165) is 6.07 Å². The summed E-state index contributed by atoms with van der Waals surface area (Å²) in [6.45, 7) is 1.63. The van der Waals surface area contributed by atoms with E-state index in [1.54, 1.807) is 19.1 Å². The van der Waals surface area contributed by atoms with Crippen molar-refractivity contribution < 1.29 is 13.3 Å². The average molecular weight is 305 g/mol. The zero-order chi connectivity index (χ0) is 14.5. The maximum absolute atomic E-state index is 11.9. The summed E-state index contributed by atoms with van der Waals surface area (Å²) in [6.07, 6.45) is 3.16. The number of rotatable bonds is 6. The highest BCUT2D eigenvalue weighted by molar-refractivity contribution is 7.89. The molecule has 0 spiro atoms. The van der Waals surface area contributed by atoms with Crippen molar-refractivity contribution in [3.05, 3.63) is 46.0 Å². The van der Waals surface area contributed by atoms with E-state index in [-0.39, 0.29) is 23.0 Å². The van der Waals surface area contributed by atoms with Gasteiger partial charge in [-0.1, -0.05) is 18.2 Å². The third-order valence-corrected chi connectivity index (χ3v) is 3.93. The van der Waals surface area contributed by atoms with Gasteiger partial charge in [0.05, 0.1) is 9.82 Å². The van der Waals surface area contributed by atoms with Crippen LogP contribution >= 0.6 is 11.6 Å². The number of benzene rings is 1. The number of nitrogens with one attached hydrogen (secondary N) is 1. The third-order valence-electron chi connectivity index (χ3n) is 2.33. The second-order valence-corrected chi connectivity index (χ2v) is 5.76. The number of hydrogen-bond donors (Lipinski definition) is 1. The van der Waals surface area contributed by atoms with Gasteiger partial charge in [-0.2, -0.15) is 0 Å². The standard InChI is InChI=1S/C11H13ClN2O4S/c1-9-4-5-10(8-11(9)14(15)16)19(17,18)13-7-3-2-6-12/h2-5,8,13H,6-7H2,1H3/b3-2+. The summed E-state index contributed by atoms with van der Waals surface area (Å²) in [5.41, 5.74) is 0.185. The molecule has 6 nitrogen and oxygen atoms in total. The molecule has 1 aromatic rings. The molecule has 0 aliphatic rings. The molecule has 8 heteroatoms. The van der Waals surface area contributed by atoms with Crippen molar-refractivity contribution in [3.63, 3.8) is 0 Å². The molecule has 0 aliphatic carbocycles. The fourth-order valence-corrected chi connectivity index (χ4v) is 2.46. The Kier molecular flexibility index (Phi) is 5.46. The van der Waals surface area contributed by atoms with Gasteiger partial charge in [0.2, 0.25) is 10.0 Å². The summed E-state index contributed by atoms with van der Waals surface area (Å²) in [5, 5.41) is 10.8. The fourth-order valence-electron chi connectivity index (χ4n) is 1.34. The highest BCUT2D eigenvalue weighted by atomic mass is 35.5. The van der Waals surface area contributed by atoms with Crippen molar-refractivity contribution in [2.45, 2.75) is 11.8 Å². The molecule has 1 N–H and O–H groups in total. The summed E-state index contributed by atoms with van der Waals surface area (Å²) >= 11 is 5.40. The molecule has 104 valence electrons. The molecule has 0 amide bonds. The monoisotopic (exact) mass is 304 g/mol. The number of allylic oxidation sites excluding steroid dienone is 1. The van der Waals surface area contributed by atoms with Crippen LogP contribution in [0.4, 0.5) is 5.69 Å². The van der Waals surface area contributed by atoms with Crippen LogP contribution in [0.15, 0.2) is 35.2 Å². The molecular formula is C11H13ClN2O4S. The second kappa shape index (κ2) is 6.65. The molecule has 0 saturated heterocycles. The molecule has 0 aliphatic heterocycles. The van der Waals surface area contributed by atoms with Crippen molar-refractivity contribution >= 4 is 27.3 Å². The Morgan fingerprint density at radius 1 is 1.42 bits per heavy atom. The van der Waals surface area contributed by atoms with Crippen molar-refractivity contribution in [2.75, 3.05) is 12.4 Å². The van der Waals surface area contributed by atoms with Crippen molar-refractivity contribution in [1.82, 2.24) is 4.72 Å². The maximum Gasteiger partial charge on any atom is 0.273 e. The van der Waals surface area contributed by atoms with Crippen molar-refractivity contribution in [1.29, 1.82) is 0 Å². The van der Waals surface area contributed by atoms with Crippen molar-refractivity contribution in [2.24, 2.45) is 0 Å². The van der Waals surface area contributed by atoms with Gasteiger partial charge in [-0.15, -0.1) is 11.6 Å². The summed E-state index contributed by atoms with van der Waals surface area (Å²) < 4.78 is 26.1. The number of nitrogens with zero attached hydrogens (tertiary/aromatic N) is 1. The minimum Gasteiger partial charge on any atom is -0.258 e. The van der Waals surface area contributed by atoms with Gasteiger partial charge in [0.25, 0.3) is 5.69 Å². The van der Waals surface area contributed by atoms with Crippen LogP contribution in [0, 0.1) is 17.0 Å². The van der Waals surface area contributed by atoms with Crippen molar-refractivity contribution in [3.8, 4) is 0 Å². The predicted octanol–water partition coefficient (Wildman–Crippen LogP) is 1.98. The molecule has 0 radical (unpaired) electrons. The molecule has 1 aromatic carbocycles. The minimum absolute atomic E-state index is 0.0801. The van der Waals surface area contributed by atoms with E-state index in [1.165, 1.54) is 12.1 Å². The second-order valence-electron chi connectivity index (χ2n) is 3.68.